The van der Waals surface area contributed by atoms with Crippen LogP contribution in [0.4, 0.5) is 4.39 Å². The molecule has 1 N–H and O–H groups in total. The third kappa shape index (κ3) is 4.55. The monoisotopic (exact) mass is 305 g/mol. The largest absolute Gasteiger partial charge is 0.310 e. The van der Waals surface area contributed by atoms with Crippen LogP contribution in [0.25, 0.3) is 0 Å². The Hall–Kier alpha value is -1.38. The summed E-state index contributed by atoms with van der Waals surface area (Å²) >= 11 is 5.92. The van der Waals surface area contributed by atoms with Crippen LogP contribution in [0.15, 0.2) is 42.5 Å². The Morgan fingerprint density at radius 3 is 2.48 bits per heavy atom. The Morgan fingerprint density at radius 1 is 1.14 bits per heavy atom. The second kappa shape index (κ2) is 7.58. The number of nitrogens with one attached hydrogen (secondary N) is 1. The van der Waals surface area contributed by atoms with Gasteiger partial charge in [0, 0.05) is 11.1 Å². The molecule has 0 aliphatic heterocycles. The number of rotatable bonds is 6. The third-order valence-electron chi connectivity index (χ3n) is 3.59. The Morgan fingerprint density at radius 2 is 1.86 bits per heavy atom. The van der Waals surface area contributed by atoms with Crippen LogP contribution in [-0.2, 0) is 6.42 Å². The lowest BCUT2D eigenvalue weighted by atomic mass is 9.97. The molecule has 2 rings (SSSR count). The van der Waals surface area contributed by atoms with Crippen molar-refractivity contribution in [3.05, 3.63) is 70.0 Å². The molecule has 0 aliphatic rings. The Labute approximate surface area is 131 Å². The normalized spacial score (nSPS) is 12.4. The van der Waals surface area contributed by atoms with E-state index in [1.54, 1.807) is 13.0 Å². The highest BCUT2D eigenvalue weighted by atomic mass is 35.5. The molecule has 112 valence electrons. The maximum Gasteiger partial charge on any atom is 0.126 e. The summed E-state index contributed by atoms with van der Waals surface area (Å²) < 4.78 is 13.8. The minimum Gasteiger partial charge on any atom is -0.310 e. The van der Waals surface area contributed by atoms with Crippen molar-refractivity contribution in [3.63, 3.8) is 0 Å². The summed E-state index contributed by atoms with van der Waals surface area (Å²) in [5.41, 5.74) is 2.86. The second-order valence-corrected chi connectivity index (χ2v) is 5.78. The van der Waals surface area contributed by atoms with E-state index in [1.165, 1.54) is 5.56 Å². The highest BCUT2D eigenvalue weighted by Crippen LogP contribution is 2.22. The molecule has 0 radical (unpaired) electrons. The number of halogens is 2. The molecule has 0 saturated heterocycles. The number of aryl methyl sites for hydroxylation is 1. The summed E-state index contributed by atoms with van der Waals surface area (Å²) in [4.78, 5) is 0. The van der Waals surface area contributed by atoms with Crippen LogP contribution >= 0.6 is 11.6 Å². The summed E-state index contributed by atoms with van der Waals surface area (Å²) in [7, 11) is 0. The molecule has 0 spiro atoms. The van der Waals surface area contributed by atoms with Gasteiger partial charge in [-0.15, -0.1) is 0 Å². The van der Waals surface area contributed by atoms with E-state index in [2.05, 4.69) is 12.2 Å². The van der Waals surface area contributed by atoms with Crippen molar-refractivity contribution >= 4 is 11.6 Å². The lowest BCUT2D eigenvalue weighted by Gasteiger charge is -2.20. The van der Waals surface area contributed by atoms with Gasteiger partial charge in [-0.1, -0.05) is 42.8 Å². The lowest BCUT2D eigenvalue weighted by molar-refractivity contribution is 0.523. The molecule has 1 nitrogen and oxygen atoms in total. The van der Waals surface area contributed by atoms with Gasteiger partial charge in [0.25, 0.3) is 0 Å². The zero-order valence-electron chi connectivity index (χ0n) is 12.5. The molecule has 2 aromatic carbocycles. The van der Waals surface area contributed by atoms with Crippen molar-refractivity contribution in [1.29, 1.82) is 0 Å². The standard InChI is InChI=1S/C18H21ClFN/c1-3-10-21-18(11-14-5-8-16(19)9-6-14)15-7-4-13(2)17(20)12-15/h4-9,12,18,21H,3,10-11H2,1-2H3. The topological polar surface area (TPSA) is 12.0 Å². The molecule has 0 fully saturated rings. The second-order valence-electron chi connectivity index (χ2n) is 5.35. The van der Waals surface area contributed by atoms with Crippen LogP contribution in [0.1, 0.15) is 36.1 Å². The Kier molecular flexibility index (Phi) is 5.77. The molecule has 2 aromatic rings. The maximum atomic E-state index is 13.8. The molecule has 1 atom stereocenters. The van der Waals surface area contributed by atoms with Gasteiger partial charge >= 0.3 is 0 Å². The van der Waals surface area contributed by atoms with Crippen LogP contribution in [0.2, 0.25) is 5.02 Å². The molecule has 3 heteroatoms. The zero-order valence-corrected chi connectivity index (χ0v) is 13.3. The average molecular weight is 306 g/mol. The van der Waals surface area contributed by atoms with Crippen molar-refractivity contribution in [3.8, 4) is 0 Å². The summed E-state index contributed by atoms with van der Waals surface area (Å²) in [6.45, 7) is 4.82. The van der Waals surface area contributed by atoms with Crippen LogP contribution in [0.3, 0.4) is 0 Å². The number of hydrogen-bond donors (Lipinski definition) is 1. The first-order valence-electron chi connectivity index (χ1n) is 7.34. The van der Waals surface area contributed by atoms with Gasteiger partial charge in [-0.25, -0.2) is 4.39 Å². The Bertz CT molecular complexity index is 580. The molecule has 0 amide bonds. The van der Waals surface area contributed by atoms with Gasteiger partial charge in [0.15, 0.2) is 0 Å². The summed E-state index contributed by atoms with van der Waals surface area (Å²) in [6.07, 6.45) is 1.87. The van der Waals surface area contributed by atoms with Crippen LogP contribution in [0.5, 0.6) is 0 Å². The predicted octanol–water partition coefficient (Wildman–Crippen LogP) is 5.07. The molecule has 0 bridgehead atoms. The maximum absolute atomic E-state index is 13.8. The predicted molar refractivity (Wildman–Crippen MR) is 87.3 cm³/mol. The molecule has 0 heterocycles. The minimum absolute atomic E-state index is 0.112. The van der Waals surface area contributed by atoms with Crippen molar-refractivity contribution in [2.24, 2.45) is 0 Å². The number of hydrogen-bond acceptors (Lipinski definition) is 1. The molecule has 1 unspecified atom stereocenters. The summed E-state index contributed by atoms with van der Waals surface area (Å²) in [5.74, 6) is -0.146. The van der Waals surface area contributed by atoms with Crippen molar-refractivity contribution < 1.29 is 4.39 Å². The minimum atomic E-state index is -0.146. The molecular weight excluding hydrogens is 285 g/mol. The smallest absolute Gasteiger partial charge is 0.126 e. The van der Waals surface area contributed by atoms with Crippen LogP contribution in [-0.4, -0.2) is 6.54 Å². The van der Waals surface area contributed by atoms with E-state index >= 15 is 0 Å². The highest BCUT2D eigenvalue weighted by molar-refractivity contribution is 6.30. The van der Waals surface area contributed by atoms with E-state index in [0.29, 0.717) is 5.56 Å². The van der Waals surface area contributed by atoms with Gasteiger partial charge in [-0.05, 0) is 61.2 Å². The summed E-state index contributed by atoms with van der Waals surface area (Å²) in [5, 5.41) is 4.23. The fraction of sp³-hybridized carbons (Fsp3) is 0.333. The van der Waals surface area contributed by atoms with Gasteiger partial charge < -0.3 is 5.32 Å². The Balaban J connectivity index is 2.20. The fourth-order valence-electron chi connectivity index (χ4n) is 2.31. The van der Waals surface area contributed by atoms with Gasteiger partial charge in [0.2, 0.25) is 0 Å². The fourth-order valence-corrected chi connectivity index (χ4v) is 2.43. The van der Waals surface area contributed by atoms with Gasteiger partial charge in [-0.2, -0.15) is 0 Å². The zero-order chi connectivity index (χ0) is 15.2. The first-order valence-corrected chi connectivity index (χ1v) is 7.72. The van der Waals surface area contributed by atoms with Crippen molar-refractivity contribution in [2.75, 3.05) is 6.54 Å². The first kappa shape index (κ1) is 16.0. The lowest BCUT2D eigenvalue weighted by Crippen LogP contribution is -2.24. The quantitative estimate of drug-likeness (QED) is 0.785. The van der Waals surface area contributed by atoms with Gasteiger partial charge in [0.05, 0.1) is 0 Å². The van der Waals surface area contributed by atoms with E-state index in [-0.39, 0.29) is 11.9 Å². The van der Waals surface area contributed by atoms with E-state index in [9.17, 15) is 4.39 Å². The van der Waals surface area contributed by atoms with Gasteiger partial charge in [0.1, 0.15) is 5.82 Å². The summed E-state index contributed by atoms with van der Waals surface area (Å²) in [6, 6.07) is 13.4. The average Bonchev–Trinajstić information content (AvgIpc) is 2.48. The van der Waals surface area contributed by atoms with Crippen molar-refractivity contribution in [2.45, 2.75) is 32.7 Å². The number of benzene rings is 2. The van der Waals surface area contributed by atoms with E-state index in [4.69, 9.17) is 11.6 Å². The first-order chi connectivity index (χ1) is 10.1. The molecule has 0 saturated carbocycles. The molecular formula is C18H21ClFN. The SMILES string of the molecule is CCCNC(Cc1ccc(Cl)cc1)c1ccc(C)c(F)c1. The molecule has 0 aromatic heterocycles. The molecule has 0 aliphatic carbocycles. The van der Waals surface area contributed by atoms with E-state index in [1.807, 2.05) is 36.4 Å². The highest BCUT2D eigenvalue weighted by Gasteiger charge is 2.13. The van der Waals surface area contributed by atoms with E-state index < -0.39 is 0 Å². The molecule has 21 heavy (non-hydrogen) atoms. The van der Waals surface area contributed by atoms with Crippen LogP contribution in [0, 0.1) is 12.7 Å². The van der Waals surface area contributed by atoms with Crippen molar-refractivity contribution in [1.82, 2.24) is 5.32 Å². The van der Waals surface area contributed by atoms with Gasteiger partial charge in [-0.3, -0.25) is 0 Å². The van der Waals surface area contributed by atoms with Crippen LogP contribution < -0.4 is 5.32 Å². The third-order valence-corrected chi connectivity index (χ3v) is 3.84. The van der Waals surface area contributed by atoms with E-state index in [0.717, 1.165) is 30.0 Å².